The van der Waals surface area contributed by atoms with Crippen molar-refractivity contribution in [2.75, 3.05) is 17.3 Å². The number of nitrogens with zero attached hydrogens (tertiary/aromatic N) is 4. The van der Waals surface area contributed by atoms with Gasteiger partial charge in [0.1, 0.15) is 5.60 Å². The summed E-state index contributed by atoms with van der Waals surface area (Å²) in [6.07, 6.45) is 6.10. The fraction of sp³-hybridized carbons (Fsp3) is 0.227. The zero-order valence-corrected chi connectivity index (χ0v) is 17.0. The fourth-order valence-electron chi connectivity index (χ4n) is 3.73. The monoisotopic (exact) mass is 402 g/mol. The minimum absolute atomic E-state index is 0.0220. The number of aliphatic hydroxyl groups is 1. The molecule has 5 rings (SSSR count). The van der Waals surface area contributed by atoms with Crippen LogP contribution in [0.3, 0.4) is 0 Å². The largest absolute Gasteiger partial charge is 0.384 e. The molecule has 0 saturated heterocycles. The molecule has 0 spiro atoms. The summed E-state index contributed by atoms with van der Waals surface area (Å²) in [5.41, 5.74) is 5.16. The van der Waals surface area contributed by atoms with Crippen molar-refractivity contribution in [2.45, 2.75) is 25.9 Å². The Morgan fingerprint density at radius 1 is 1.20 bits per heavy atom. The van der Waals surface area contributed by atoms with Gasteiger partial charge in [0.2, 0.25) is 5.91 Å². The normalized spacial score (nSPS) is 13.5. The van der Waals surface area contributed by atoms with Crippen LogP contribution in [-0.4, -0.2) is 37.6 Å². The zero-order valence-electron chi connectivity index (χ0n) is 17.0. The smallest absolute Gasteiger partial charge is 0.228 e. The summed E-state index contributed by atoms with van der Waals surface area (Å²) in [5, 5.41) is 20.4. The van der Waals surface area contributed by atoms with E-state index < -0.39 is 5.60 Å². The van der Waals surface area contributed by atoms with Gasteiger partial charge in [0.15, 0.2) is 11.5 Å². The summed E-state index contributed by atoms with van der Waals surface area (Å²) >= 11 is 0. The quantitative estimate of drug-likeness (QED) is 0.487. The second-order valence-electron chi connectivity index (χ2n) is 8.13. The Bertz CT molecular complexity index is 1280. The lowest BCUT2D eigenvalue weighted by Gasteiger charge is -2.19. The van der Waals surface area contributed by atoms with Crippen molar-refractivity contribution in [3.63, 3.8) is 0 Å². The van der Waals surface area contributed by atoms with Gasteiger partial charge in [-0.25, -0.2) is 4.98 Å². The van der Waals surface area contributed by atoms with Crippen LogP contribution in [0, 0.1) is 0 Å². The van der Waals surface area contributed by atoms with E-state index in [1.165, 1.54) is 0 Å². The van der Waals surface area contributed by atoms with Crippen LogP contribution in [0.5, 0.6) is 0 Å². The highest BCUT2D eigenvalue weighted by molar-refractivity contribution is 6.00. The van der Waals surface area contributed by atoms with Crippen molar-refractivity contribution >= 4 is 28.7 Å². The van der Waals surface area contributed by atoms with E-state index in [4.69, 9.17) is 0 Å². The van der Waals surface area contributed by atoms with E-state index in [1.54, 1.807) is 20.0 Å². The number of imidazole rings is 1. The molecular formula is C22H22N6O2. The van der Waals surface area contributed by atoms with Crippen LogP contribution in [-0.2, 0) is 16.8 Å². The molecule has 0 bridgehead atoms. The van der Waals surface area contributed by atoms with Gasteiger partial charge in [0, 0.05) is 43.0 Å². The molecule has 4 heterocycles. The Labute approximate surface area is 173 Å². The van der Waals surface area contributed by atoms with E-state index in [0.717, 1.165) is 33.7 Å². The topological polar surface area (TPSA) is 98.5 Å². The molecule has 152 valence electrons. The molecule has 0 aliphatic carbocycles. The lowest BCUT2D eigenvalue weighted by atomic mass is 10.0. The number of rotatable bonds is 4. The van der Waals surface area contributed by atoms with Gasteiger partial charge in [-0.3, -0.25) is 9.89 Å². The lowest BCUT2D eigenvalue weighted by molar-refractivity contribution is -0.115. The molecule has 1 aliphatic rings. The highest BCUT2D eigenvalue weighted by atomic mass is 16.3. The third kappa shape index (κ3) is 3.02. The number of benzene rings is 1. The summed E-state index contributed by atoms with van der Waals surface area (Å²) in [5.74, 6) is 0.698. The molecule has 8 heteroatoms. The van der Waals surface area contributed by atoms with Crippen LogP contribution in [0.1, 0.15) is 25.1 Å². The van der Waals surface area contributed by atoms with Gasteiger partial charge in [-0.15, -0.1) is 0 Å². The van der Waals surface area contributed by atoms with Gasteiger partial charge in [0.25, 0.3) is 0 Å². The Balaban J connectivity index is 1.60. The standard InChI is InChI=1S/C22H22N6O2/c1-22(2,30)18-11-19(26-25-18)27(3)17-9-15(12-28-7-6-23-21(17)28)13-4-5-14-10-20(29)24-16(14)8-13/h4-9,11-12,30H,10H2,1-3H3,(H,24,29)(H,25,26). The number of hydrogen-bond donors (Lipinski definition) is 3. The molecule has 0 atom stereocenters. The summed E-state index contributed by atoms with van der Waals surface area (Å²) in [6, 6.07) is 9.91. The Kier molecular flexibility index (Phi) is 3.94. The predicted octanol–water partition coefficient (Wildman–Crippen LogP) is 3.21. The van der Waals surface area contributed by atoms with Gasteiger partial charge < -0.3 is 19.7 Å². The second kappa shape index (κ2) is 6.43. The maximum absolute atomic E-state index is 11.7. The van der Waals surface area contributed by atoms with E-state index in [9.17, 15) is 9.90 Å². The number of nitrogens with one attached hydrogen (secondary N) is 2. The van der Waals surface area contributed by atoms with E-state index in [-0.39, 0.29) is 5.91 Å². The second-order valence-corrected chi connectivity index (χ2v) is 8.13. The van der Waals surface area contributed by atoms with Crippen molar-refractivity contribution < 1.29 is 9.90 Å². The van der Waals surface area contributed by atoms with Crippen molar-refractivity contribution in [1.29, 1.82) is 0 Å². The van der Waals surface area contributed by atoms with Crippen LogP contribution in [0.2, 0.25) is 0 Å². The molecule has 0 radical (unpaired) electrons. The number of aromatic amines is 1. The summed E-state index contributed by atoms with van der Waals surface area (Å²) in [6.45, 7) is 3.43. The van der Waals surface area contributed by atoms with Crippen LogP contribution >= 0.6 is 0 Å². The molecule has 0 fully saturated rings. The number of amides is 1. The Hall–Kier alpha value is -3.65. The van der Waals surface area contributed by atoms with Crippen LogP contribution < -0.4 is 10.2 Å². The van der Waals surface area contributed by atoms with Gasteiger partial charge in [-0.2, -0.15) is 5.10 Å². The van der Waals surface area contributed by atoms with Crippen LogP contribution in [0.15, 0.2) is 48.9 Å². The highest BCUT2D eigenvalue weighted by Gasteiger charge is 2.22. The Morgan fingerprint density at radius 2 is 2.03 bits per heavy atom. The average molecular weight is 402 g/mol. The first kappa shape index (κ1) is 18.4. The average Bonchev–Trinajstić information content (AvgIpc) is 3.43. The minimum Gasteiger partial charge on any atom is -0.384 e. The van der Waals surface area contributed by atoms with E-state index in [2.05, 4.69) is 26.6 Å². The van der Waals surface area contributed by atoms with Crippen molar-refractivity contribution in [2.24, 2.45) is 0 Å². The number of aromatic nitrogens is 4. The summed E-state index contributed by atoms with van der Waals surface area (Å²) in [7, 11) is 1.92. The van der Waals surface area contributed by atoms with Gasteiger partial charge in [0.05, 0.1) is 17.8 Å². The molecule has 8 nitrogen and oxygen atoms in total. The van der Waals surface area contributed by atoms with Crippen molar-refractivity contribution in [1.82, 2.24) is 19.6 Å². The number of fused-ring (bicyclic) bond motifs is 2. The number of carbonyl (C=O) groups is 1. The number of pyridine rings is 1. The SMILES string of the molecule is CN(c1cc(C(C)(C)O)[nH]n1)c1cc(-c2ccc3c(c2)NC(=O)C3)cn2ccnc12. The lowest BCUT2D eigenvalue weighted by Crippen LogP contribution is -2.16. The third-order valence-corrected chi connectivity index (χ3v) is 5.46. The molecule has 3 aromatic heterocycles. The van der Waals surface area contributed by atoms with E-state index >= 15 is 0 Å². The summed E-state index contributed by atoms with van der Waals surface area (Å²) in [4.78, 5) is 18.1. The highest BCUT2D eigenvalue weighted by Crippen LogP contribution is 2.34. The minimum atomic E-state index is -1.01. The van der Waals surface area contributed by atoms with Gasteiger partial charge in [-0.1, -0.05) is 12.1 Å². The first-order valence-corrected chi connectivity index (χ1v) is 9.71. The molecule has 1 aromatic carbocycles. The maximum Gasteiger partial charge on any atom is 0.228 e. The van der Waals surface area contributed by atoms with Crippen molar-refractivity contribution in [3.05, 3.63) is 60.2 Å². The molecule has 1 amide bonds. The number of carbonyl (C=O) groups excluding carboxylic acids is 1. The van der Waals surface area contributed by atoms with E-state index in [1.807, 2.05) is 53.0 Å². The molecule has 4 aromatic rings. The molecule has 30 heavy (non-hydrogen) atoms. The van der Waals surface area contributed by atoms with E-state index in [0.29, 0.717) is 17.9 Å². The van der Waals surface area contributed by atoms with Crippen LogP contribution in [0.25, 0.3) is 16.8 Å². The molecule has 3 N–H and O–H groups in total. The molecule has 0 unspecified atom stereocenters. The van der Waals surface area contributed by atoms with Crippen LogP contribution in [0.4, 0.5) is 17.2 Å². The molecule has 1 aliphatic heterocycles. The zero-order chi connectivity index (χ0) is 21.0. The molecule has 0 saturated carbocycles. The fourth-order valence-corrected chi connectivity index (χ4v) is 3.73. The summed E-state index contributed by atoms with van der Waals surface area (Å²) < 4.78 is 1.97. The third-order valence-electron chi connectivity index (χ3n) is 5.46. The first-order valence-electron chi connectivity index (χ1n) is 9.71. The maximum atomic E-state index is 11.7. The van der Waals surface area contributed by atoms with Crippen molar-refractivity contribution in [3.8, 4) is 11.1 Å². The number of anilines is 3. The predicted molar refractivity (Wildman–Crippen MR) is 115 cm³/mol. The first-order chi connectivity index (χ1) is 14.3. The number of H-pyrrole nitrogens is 1. The molecular weight excluding hydrogens is 380 g/mol. The van der Waals surface area contributed by atoms with Gasteiger partial charge in [-0.05, 0) is 37.1 Å². The Morgan fingerprint density at radius 3 is 2.80 bits per heavy atom. The number of hydrogen-bond acceptors (Lipinski definition) is 5. The van der Waals surface area contributed by atoms with Gasteiger partial charge >= 0.3 is 0 Å².